The van der Waals surface area contributed by atoms with Gasteiger partial charge in [-0.2, -0.15) is 0 Å². The van der Waals surface area contributed by atoms with Gasteiger partial charge in [-0.1, -0.05) is 78.4 Å². The average Bonchev–Trinajstić information content (AvgIpc) is 2.99. The van der Waals surface area contributed by atoms with E-state index in [1.165, 1.54) is 30.2 Å². The Morgan fingerprint density at radius 1 is 0.977 bits per heavy atom. The van der Waals surface area contributed by atoms with Crippen LogP contribution in [0.4, 0.5) is 5.69 Å². The second-order valence-electron chi connectivity index (χ2n) is 11.2. The minimum absolute atomic E-state index is 0.0150. The number of ether oxygens (including phenoxy) is 1. The third-order valence-corrected chi connectivity index (χ3v) is 9.86. The van der Waals surface area contributed by atoms with Crippen LogP contribution in [-0.2, 0) is 26.2 Å². The van der Waals surface area contributed by atoms with E-state index < -0.39 is 28.5 Å². The van der Waals surface area contributed by atoms with Gasteiger partial charge in [-0.05, 0) is 69.5 Å². The Kier molecular flexibility index (Phi) is 10.7. The lowest BCUT2D eigenvalue weighted by Crippen LogP contribution is -2.53. The number of nitrogens with zero attached hydrogens (tertiary/aromatic N) is 2. The SMILES string of the molecule is COc1ccc(Cl)cc1N(CC(=O)N(Cc1cccc(C)c1)[C@@H](C)C(=O)NC1CCCCC1)S(=O)(=O)c1ccc(C)cc1. The highest BCUT2D eigenvalue weighted by Crippen LogP contribution is 2.35. The van der Waals surface area contributed by atoms with Gasteiger partial charge in [0, 0.05) is 17.6 Å². The second kappa shape index (κ2) is 14.3. The summed E-state index contributed by atoms with van der Waals surface area (Å²) in [5.41, 5.74) is 2.86. The fraction of sp³-hybridized carbons (Fsp3) is 0.394. The second-order valence-corrected chi connectivity index (χ2v) is 13.5. The molecular weight excluding hydrogens is 586 g/mol. The van der Waals surface area contributed by atoms with Crippen LogP contribution < -0.4 is 14.4 Å². The largest absolute Gasteiger partial charge is 0.495 e. The number of halogens is 1. The molecule has 0 heterocycles. The molecule has 4 rings (SSSR count). The predicted molar refractivity (Wildman–Crippen MR) is 170 cm³/mol. The van der Waals surface area contributed by atoms with Gasteiger partial charge in [0.05, 0.1) is 17.7 Å². The first-order valence-electron chi connectivity index (χ1n) is 14.6. The zero-order valence-corrected chi connectivity index (χ0v) is 26.7. The molecule has 1 aliphatic carbocycles. The van der Waals surface area contributed by atoms with Crippen molar-refractivity contribution in [2.75, 3.05) is 18.0 Å². The number of anilines is 1. The van der Waals surface area contributed by atoms with Crippen LogP contribution in [0, 0.1) is 13.8 Å². The normalized spacial score (nSPS) is 14.5. The Morgan fingerprint density at radius 3 is 2.33 bits per heavy atom. The molecular formula is C33H40ClN3O5S. The van der Waals surface area contributed by atoms with Gasteiger partial charge in [0.15, 0.2) is 0 Å². The highest BCUT2D eigenvalue weighted by molar-refractivity contribution is 7.92. The van der Waals surface area contributed by atoms with E-state index in [1.54, 1.807) is 31.2 Å². The van der Waals surface area contributed by atoms with Crippen molar-refractivity contribution in [3.63, 3.8) is 0 Å². The molecule has 1 aliphatic rings. The molecule has 1 saturated carbocycles. The Balaban J connectivity index is 1.73. The molecule has 3 aromatic rings. The number of sulfonamides is 1. The number of hydrogen-bond acceptors (Lipinski definition) is 5. The van der Waals surface area contributed by atoms with Crippen LogP contribution >= 0.6 is 11.6 Å². The monoisotopic (exact) mass is 625 g/mol. The first-order valence-corrected chi connectivity index (χ1v) is 16.4. The number of methoxy groups -OCH3 is 1. The van der Waals surface area contributed by atoms with E-state index in [1.807, 2.05) is 38.1 Å². The molecule has 0 spiro atoms. The summed E-state index contributed by atoms with van der Waals surface area (Å²) in [5, 5.41) is 3.40. The summed E-state index contributed by atoms with van der Waals surface area (Å²) in [7, 11) is -2.83. The van der Waals surface area contributed by atoms with Gasteiger partial charge >= 0.3 is 0 Å². The van der Waals surface area contributed by atoms with Gasteiger partial charge in [0.1, 0.15) is 18.3 Å². The van der Waals surface area contributed by atoms with Gasteiger partial charge < -0.3 is 15.0 Å². The molecule has 1 N–H and O–H groups in total. The fourth-order valence-electron chi connectivity index (χ4n) is 5.37. The van der Waals surface area contributed by atoms with E-state index in [9.17, 15) is 18.0 Å². The summed E-state index contributed by atoms with van der Waals surface area (Å²) in [6, 6.07) is 17.9. The molecule has 43 heavy (non-hydrogen) atoms. The molecule has 3 aromatic carbocycles. The average molecular weight is 626 g/mol. The number of hydrogen-bond donors (Lipinski definition) is 1. The van der Waals surface area contributed by atoms with Crippen LogP contribution in [0.3, 0.4) is 0 Å². The molecule has 8 nitrogen and oxygen atoms in total. The topological polar surface area (TPSA) is 96.0 Å². The van der Waals surface area contributed by atoms with Gasteiger partial charge in [-0.15, -0.1) is 0 Å². The summed E-state index contributed by atoms with van der Waals surface area (Å²) < 4.78 is 34.8. The van der Waals surface area contributed by atoms with Crippen molar-refractivity contribution >= 4 is 39.1 Å². The van der Waals surface area contributed by atoms with Crippen molar-refractivity contribution in [1.82, 2.24) is 10.2 Å². The fourth-order valence-corrected chi connectivity index (χ4v) is 6.95. The number of aryl methyl sites for hydroxylation is 2. The molecule has 1 atom stereocenters. The van der Waals surface area contributed by atoms with Crippen LogP contribution in [0.5, 0.6) is 5.75 Å². The summed E-state index contributed by atoms with van der Waals surface area (Å²) in [5.74, 6) is -0.562. The van der Waals surface area contributed by atoms with E-state index >= 15 is 0 Å². The van der Waals surface area contributed by atoms with Gasteiger partial charge in [0.25, 0.3) is 10.0 Å². The molecule has 0 bridgehead atoms. The Bertz CT molecular complexity index is 1540. The molecule has 0 aromatic heterocycles. The maximum Gasteiger partial charge on any atom is 0.264 e. The van der Waals surface area contributed by atoms with Crippen LogP contribution in [0.2, 0.25) is 5.02 Å². The molecule has 230 valence electrons. The Hall–Kier alpha value is -3.56. The first-order chi connectivity index (χ1) is 20.5. The van der Waals surface area contributed by atoms with E-state index in [-0.39, 0.29) is 39.8 Å². The Labute approximate surface area is 260 Å². The number of carbonyl (C=O) groups excluding carboxylic acids is 2. The highest BCUT2D eigenvalue weighted by atomic mass is 35.5. The molecule has 10 heteroatoms. The van der Waals surface area contributed by atoms with E-state index in [4.69, 9.17) is 16.3 Å². The maximum absolute atomic E-state index is 14.2. The number of carbonyl (C=O) groups is 2. The highest BCUT2D eigenvalue weighted by Gasteiger charge is 2.34. The lowest BCUT2D eigenvalue weighted by atomic mass is 9.95. The van der Waals surface area contributed by atoms with E-state index in [0.717, 1.165) is 53.1 Å². The van der Waals surface area contributed by atoms with Crippen molar-refractivity contribution in [2.45, 2.75) is 76.4 Å². The van der Waals surface area contributed by atoms with Gasteiger partial charge in [-0.3, -0.25) is 13.9 Å². The molecule has 0 saturated heterocycles. The quantitative estimate of drug-likeness (QED) is 0.281. The lowest BCUT2D eigenvalue weighted by molar-refractivity contribution is -0.139. The number of amides is 2. The lowest BCUT2D eigenvalue weighted by Gasteiger charge is -2.33. The first kappa shape index (κ1) is 32.4. The standard InChI is InChI=1S/C33H40ClN3O5S/c1-23-13-16-29(17-14-23)43(40,41)37(30-20-27(34)15-18-31(30)42-4)22-32(38)36(21-26-10-8-9-24(2)19-26)25(3)33(39)35-28-11-6-5-7-12-28/h8-10,13-20,25,28H,5-7,11-12,21-22H2,1-4H3,(H,35,39)/t25-/m0/s1. The number of nitrogens with one attached hydrogen (secondary N) is 1. The number of benzene rings is 3. The van der Waals surface area contributed by atoms with Crippen molar-refractivity contribution < 1.29 is 22.7 Å². The molecule has 0 unspecified atom stereocenters. The number of rotatable bonds is 11. The van der Waals surface area contributed by atoms with Crippen LogP contribution in [0.25, 0.3) is 0 Å². The third-order valence-electron chi connectivity index (χ3n) is 7.85. The van der Waals surface area contributed by atoms with E-state index in [2.05, 4.69) is 5.32 Å². The minimum atomic E-state index is -4.25. The van der Waals surface area contributed by atoms with Crippen molar-refractivity contribution in [1.29, 1.82) is 0 Å². The third kappa shape index (κ3) is 8.09. The van der Waals surface area contributed by atoms with Gasteiger partial charge in [0.2, 0.25) is 11.8 Å². The molecule has 0 radical (unpaired) electrons. The summed E-state index contributed by atoms with van der Waals surface area (Å²) in [4.78, 5) is 29.2. The summed E-state index contributed by atoms with van der Waals surface area (Å²) >= 11 is 6.32. The zero-order chi connectivity index (χ0) is 31.1. The summed E-state index contributed by atoms with van der Waals surface area (Å²) in [6.07, 6.45) is 5.07. The smallest absolute Gasteiger partial charge is 0.264 e. The van der Waals surface area contributed by atoms with Crippen molar-refractivity contribution in [2.24, 2.45) is 0 Å². The van der Waals surface area contributed by atoms with Crippen LogP contribution in [0.15, 0.2) is 71.6 Å². The predicted octanol–water partition coefficient (Wildman–Crippen LogP) is 6.03. The van der Waals surface area contributed by atoms with Crippen molar-refractivity contribution in [3.8, 4) is 5.75 Å². The van der Waals surface area contributed by atoms with Crippen molar-refractivity contribution in [3.05, 3.63) is 88.4 Å². The van der Waals surface area contributed by atoms with Crippen LogP contribution in [0.1, 0.15) is 55.7 Å². The van der Waals surface area contributed by atoms with Crippen LogP contribution in [-0.4, -0.2) is 50.9 Å². The molecule has 0 aliphatic heterocycles. The zero-order valence-electron chi connectivity index (χ0n) is 25.2. The maximum atomic E-state index is 14.2. The molecule has 2 amide bonds. The summed E-state index contributed by atoms with van der Waals surface area (Å²) in [6.45, 7) is 5.06. The van der Waals surface area contributed by atoms with Gasteiger partial charge in [-0.25, -0.2) is 8.42 Å². The Morgan fingerprint density at radius 2 is 1.67 bits per heavy atom. The molecule has 1 fully saturated rings. The van der Waals surface area contributed by atoms with E-state index in [0.29, 0.717) is 0 Å². The minimum Gasteiger partial charge on any atom is -0.495 e.